The minimum Gasteiger partial charge on any atom is -0.454 e. The lowest BCUT2D eigenvalue weighted by atomic mass is 10.1. The van der Waals surface area contributed by atoms with Crippen LogP contribution < -0.4 is 4.74 Å². The molecular weight excluding hydrogens is 250 g/mol. The summed E-state index contributed by atoms with van der Waals surface area (Å²) in [4.78, 5) is 11.4. The third kappa shape index (κ3) is 3.16. The average molecular weight is 262 g/mol. The van der Waals surface area contributed by atoms with Gasteiger partial charge in [-0.1, -0.05) is 6.92 Å². The van der Waals surface area contributed by atoms with Gasteiger partial charge in [0.25, 0.3) is 0 Å². The molecule has 0 fully saturated rings. The fourth-order valence-electron chi connectivity index (χ4n) is 1.60. The van der Waals surface area contributed by atoms with E-state index in [-0.39, 0.29) is 11.5 Å². The number of rotatable bonds is 4. The van der Waals surface area contributed by atoms with Gasteiger partial charge in [0.05, 0.1) is 0 Å². The highest BCUT2D eigenvalue weighted by atomic mass is 19.1. The normalized spacial score (nSPS) is 10.3. The van der Waals surface area contributed by atoms with Crippen LogP contribution in [0.25, 0.3) is 0 Å². The number of carbonyl (C=O) groups is 1. The van der Waals surface area contributed by atoms with E-state index in [1.807, 2.05) is 0 Å². The second kappa shape index (κ2) is 5.61. The monoisotopic (exact) mass is 262 g/mol. The molecule has 0 N–H and O–H groups in total. The van der Waals surface area contributed by atoms with Gasteiger partial charge in [-0.3, -0.25) is 4.79 Å². The Morgan fingerprint density at radius 1 is 1.11 bits per heavy atom. The average Bonchev–Trinajstić information content (AvgIpc) is 2.42. The first kappa shape index (κ1) is 13.2. The maximum atomic E-state index is 13.4. The number of halogens is 2. The first-order valence-corrected chi connectivity index (χ1v) is 5.86. The molecule has 0 atom stereocenters. The van der Waals surface area contributed by atoms with Crippen molar-refractivity contribution in [3.8, 4) is 11.5 Å². The Morgan fingerprint density at radius 2 is 1.79 bits per heavy atom. The molecule has 0 unspecified atom stereocenters. The lowest BCUT2D eigenvalue weighted by Gasteiger charge is -2.07. The summed E-state index contributed by atoms with van der Waals surface area (Å²) in [6, 6.07) is 9.47. The van der Waals surface area contributed by atoms with Gasteiger partial charge in [-0.15, -0.1) is 0 Å². The van der Waals surface area contributed by atoms with Gasteiger partial charge in [0, 0.05) is 18.1 Å². The Bertz CT molecular complexity index is 592. The van der Waals surface area contributed by atoms with Crippen molar-refractivity contribution in [1.82, 2.24) is 0 Å². The smallest absolute Gasteiger partial charge is 0.168 e. The molecule has 0 bridgehead atoms. The van der Waals surface area contributed by atoms with Crippen molar-refractivity contribution in [2.24, 2.45) is 0 Å². The molecule has 2 aromatic carbocycles. The number of benzene rings is 2. The Labute approximate surface area is 109 Å². The zero-order valence-corrected chi connectivity index (χ0v) is 10.3. The van der Waals surface area contributed by atoms with Gasteiger partial charge < -0.3 is 4.74 Å². The molecular formula is C15H12F2O2. The molecule has 98 valence electrons. The lowest BCUT2D eigenvalue weighted by Crippen LogP contribution is -1.96. The first-order valence-electron chi connectivity index (χ1n) is 5.86. The number of Topliss-reactive ketones (excluding diaryl/α,β-unsaturated/α-hetero) is 1. The zero-order valence-electron chi connectivity index (χ0n) is 10.3. The summed E-state index contributed by atoms with van der Waals surface area (Å²) in [6.07, 6.45) is 0.423. The van der Waals surface area contributed by atoms with E-state index in [1.165, 1.54) is 6.07 Å². The second-order valence-corrected chi connectivity index (χ2v) is 3.98. The number of hydrogen-bond acceptors (Lipinski definition) is 2. The summed E-state index contributed by atoms with van der Waals surface area (Å²) in [6.45, 7) is 1.78. The van der Waals surface area contributed by atoms with Crippen molar-refractivity contribution < 1.29 is 18.3 Å². The molecule has 0 saturated carbocycles. The fraction of sp³-hybridized carbons (Fsp3) is 0.133. The fourth-order valence-corrected chi connectivity index (χ4v) is 1.60. The number of carbonyl (C=O) groups excluding carboxylic acids is 1. The second-order valence-electron chi connectivity index (χ2n) is 3.98. The molecule has 0 spiro atoms. The van der Waals surface area contributed by atoms with Crippen LogP contribution in [0.15, 0.2) is 42.5 Å². The minimum atomic E-state index is -0.770. The maximum Gasteiger partial charge on any atom is 0.168 e. The molecule has 2 aromatic rings. The van der Waals surface area contributed by atoms with Gasteiger partial charge in [-0.05, 0) is 36.4 Å². The SMILES string of the molecule is CCC(=O)c1ccc(Oc2ccc(F)cc2F)cc1. The van der Waals surface area contributed by atoms with E-state index in [9.17, 15) is 13.6 Å². The van der Waals surface area contributed by atoms with Crippen molar-refractivity contribution in [3.05, 3.63) is 59.7 Å². The maximum absolute atomic E-state index is 13.4. The quantitative estimate of drug-likeness (QED) is 0.766. The van der Waals surface area contributed by atoms with Crippen LogP contribution in [-0.2, 0) is 0 Å². The molecule has 0 aliphatic rings. The van der Waals surface area contributed by atoms with Gasteiger partial charge in [-0.2, -0.15) is 0 Å². The van der Waals surface area contributed by atoms with Gasteiger partial charge in [0.2, 0.25) is 0 Å². The van der Waals surface area contributed by atoms with E-state index in [0.29, 0.717) is 17.7 Å². The van der Waals surface area contributed by atoms with Crippen LogP contribution in [0.2, 0.25) is 0 Å². The topological polar surface area (TPSA) is 26.3 Å². The largest absolute Gasteiger partial charge is 0.454 e. The highest BCUT2D eigenvalue weighted by Crippen LogP contribution is 2.25. The minimum absolute atomic E-state index is 0.0273. The number of ether oxygens (including phenoxy) is 1. The van der Waals surface area contributed by atoms with Crippen molar-refractivity contribution in [3.63, 3.8) is 0 Å². The molecule has 0 aliphatic carbocycles. The highest BCUT2D eigenvalue weighted by molar-refractivity contribution is 5.95. The molecule has 0 heterocycles. The Balaban J connectivity index is 2.17. The molecule has 2 nitrogen and oxygen atoms in total. The molecule has 19 heavy (non-hydrogen) atoms. The van der Waals surface area contributed by atoms with Gasteiger partial charge in [0.1, 0.15) is 11.6 Å². The van der Waals surface area contributed by atoms with Gasteiger partial charge >= 0.3 is 0 Å². The van der Waals surface area contributed by atoms with Crippen LogP contribution in [0.3, 0.4) is 0 Å². The van der Waals surface area contributed by atoms with E-state index in [4.69, 9.17) is 4.74 Å². The van der Waals surface area contributed by atoms with E-state index in [1.54, 1.807) is 31.2 Å². The summed E-state index contributed by atoms with van der Waals surface area (Å²) < 4.78 is 31.4. The highest BCUT2D eigenvalue weighted by Gasteiger charge is 2.07. The number of hydrogen-bond donors (Lipinski definition) is 0. The molecule has 0 aromatic heterocycles. The Kier molecular flexibility index (Phi) is 3.90. The van der Waals surface area contributed by atoms with E-state index >= 15 is 0 Å². The van der Waals surface area contributed by atoms with Crippen molar-refractivity contribution in [2.45, 2.75) is 13.3 Å². The van der Waals surface area contributed by atoms with Crippen LogP contribution in [0.5, 0.6) is 11.5 Å². The number of ketones is 1. The van der Waals surface area contributed by atoms with E-state index in [2.05, 4.69) is 0 Å². The van der Waals surface area contributed by atoms with Gasteiger partial charge in [-0.25, -0.2) is 8.78 Å². The Hall–Kier alpha value is -2.23. The predicted octanol–water partition coefficient (Wildman–Crippen LogP) is 4.35. The third-order valence-electron chi connectivity index (χ3n) is 2.62. The molecule has 4 heteroatoms. The Morgan fingerprint density at radius 3 is 2.37 bits per heavy atom. The molecule has 0 amide bonds. The molecule has 0 radical (unpaired) electrons. The third-order valence-corrected chi connectivity index (χ3v) is 2.62. The molecule has 2 rings (SSSR count). The summed E-state index contributed by atoms with van der Waals surface area (Å²) in [5.41, 5.74) is 0.578. The zero-order chi connectivity index (χ0) is 13.8. The van der Waals surface area contributed by atoms with E-state index in [0.717, 1.165) is 12.1 Å². The van der Waals surface area contributed by atoms with Gasteiger partial charge in [0.15, 0.2) is 17.3 Å². The summed E-state index contributed by atoms with van der Waals surface area (Å²) in [5.74, 6) is -1.07. The summed E-state index contributed by atoms with van der Waals surface area (Å²) in [5, 5.41) is 0. The lowest BCUT2D eigenvalue weighted by molar-refractivity contribution is 0.0988. The van der Waals surface area contributed by atoms with Crippen molar-refractivity contribution in [1.29, 1.82) is 0 Å². The van der Waals surface area contributed by atoms with Crippen molar-refractivity contribution in [2.75, 3.05) is 0 Å². The molecule has 0 aliphatic heterocycles. The van der Waals surface area contributed by atoms with Crippen molar-refractivity contribution >= 4 is 5.78 Å². The predicted molar refractivity (Wildman–Crippen MR) is 67.5 cm³/mol. The van der Waals surface area contributed by atoms with Crippen LogP contribution in [0, 0.1) is 11.6 Å². The van der Waals surface area contributed by atoms with Crippen LogP contribution >= 0.6 is 0 Å². The summed E-state index contributed by atoms with van der Waals surface area (Å²) in [7, 11) is 0. The summed E-state index contributed by atoms with van der Waals surface area (Å²) >= 11 is 0. The first-order chi connectivity index (χ1) is 9.10. The van der Waals surface area contributed by atoms with Crippen LogP contribution in [0.4, 0.5) is 8.78 Å². The van der Waals surface area contributed by atoms with E-state index < -0.39 is 11.6 Å². The van der Waals surface area contributed by atoms with Crippen LogP contribution in [0.1, 0.15) is 23.7 Å². The molecule has 0 saturated heterocycles. The van der Waals surface area contributed by atoms with Crippen LogP contribution in [-0.4, -0.2) is 5.78 Å². The standard InChI is InChI=1S/C15H12F2O2/c1-2-14(18)10-3-6-12(7-4-10)19-15-8-5-11(16)9-13(15)17/h3-9H,2H2,1H3.